The van der Waals surface area contributed by atoms with Crippen molar-refractivity contribution in [3.05, 3.63) is 35.4 Å². The van der Waals surface area contributed by atoms with Crippen molar-refractivity contribution in [1.29, 1.82) is 0 Å². The summed E-state index contributed by atoms with van der Waals surface area (Å²) in [6.07, 6.45) is 0.316. The predicted octanol–water partition coefficient (Wildman–Crippen LogP) is 3.07. The van der Waals surface area contributed by atoms with Crippen LogP contribution < -0.4 is 5.32 Å². The van der Waals surface area contributed by atoms with Crippen molar-refractivity contribution in [2.45, 2.75) is 39.8 Å². The molecule has 0 aliphatic heterocycles. The number of ether oxygens (including phenoxy) is 1. The van der Waals surface area contributed by atoms with E-state index in [2.05, 4.69) is 57.3 Å². The lowest BCUT2D eigenvalue weighted by atomic mass is 10.1. The first-order valence-electron chi connectivity index (χ1n) is 6.01. The fourth-order valence-corrected chi connectivity index (χ4v) is 1.54. The van der Waals surface area contributed by atoms with E-state index in [0.717, 1.165) is 13.2 Å². The number of nitrogens with one attached hydrogen (secondary N) is 1. The van der Waals surface area contributed by atoms with Crippen LogP contribution in [0.4, 0.5) is 0 Å². The zero-order valence-electron chi connectivity index (χ0n) is 10.8. The van der Waals surface area contributed by atoms with E-state index in [4.69, 9.17) is 4.74 Å². The minimum Gasteiger partial charge on any atom is -0.377 e. The molecule has 0 aliphatic rings. The zero-order chi connectivity index (χ0) is 12.0. The van der Waals surface area contributed by atoms with Crippen molar-refractivity contribution in [2.24, 2.45) is 0 Å². The quantitative estimate of drug-likeness (QED) is 0.745. The average molecular weight is 221 g/mol. The Morgan fingerprint density at radius 1 is 1.12 bits per heavy atom. The van der Waals surface area contributed by atoms with Crippen LogP contribution >= 0.6 is 0 Å². The SMILES string of the molecule is Cc1ccc(C(C)NCCOC(C)C)cc1. The second-order valence-corrected chi connectivity index (χ2v) is 4.51. The summed E-state index contributed by atoms with van der Waals surface area (Å²) in [6.45, 7) is 10.1. The van der Waals surface area contributed by atoms with Gasteiger partial charge in [0.1, 0.15) is 0 Å². The van der Waals surface area contributed by atoms with Crippen LogP contribution in [0.5, 0.6) is 0 Å². The van der Waals surface area contributed by atoms with Crippen molar-refractivity contribution in [1.82, 2.24) is 5.32 Å². The predicted molar refractivity (Wildman–Crippen MR) is 68.7 cm³/mol. The Labute approximate surface area is 99.0 Å². The lowest BCUT2D eigenvalue weighted by Crippen LogP contribution is -2.24. The maximum absolute atomic E-state index is 5.48. The lowest BCUT2D eigenvalue weighted by molar-refractivity contribution is 0.0796. The van der Waals surface area contributed by atoms with E-state index < -0.39 is 0 Å². The molecule has 1 unspecified atom stereocenters. The molecule has 1 N–H and O–H groups in total. The molecule has 0 fully saturated rings. The maximum Gasteiger partial charge on any atom is 0.0594 e. The molecule has 1 atom stereocenters. The van der Waals surface area contributed by atoms with Gasteiger partial charge in [0.25, 0.3) is 0 Å². The molecule has 0 amide bonds. The van der Waals surface area contributed by atoms with E-state index in [-0.39, 0.29) is 0 Å². The fraction of sp³-hybridized carbons (Fsp3) is 0.571. The highest BCUT2D eigenvalue weighted by atomic mass is 16.5. The standard InChI is InChI=1S/C14H23NO/c1-11(2)16-10-9-15-13(4)14-7-5-12(3)6-8-14/h5-8,11,13,15H,9-10H2,1-4H3. The highest BCUT2D eigenvalue weighted by Gasteiger charge is 2.03. The van der Waals surface area contributed by atoms with Gasteiger partial charge in [0.2, 0.25) is 0 Å². The summed E-state index contributed by atoms with van der Waals surface area (Å²) >= 11 is 0. The molecule has 0 aliphatic carbocycles. The van der Waals surface area contributed by atoms with Crippen molar-refractivity contribution < 1.29 is 4.74 Å². The van der Waals surface area contributed by atoms with Crippen LogP contribution in [-0.2, 0) is 4.74 Å². The van der Waals surface area contributed by atoms with E-state index in [1.165, 1.54) is 11.1 Å². The van der Waals surface area contributed by atoms with E-state index in [1.54, 1.807) is 0 Å². The van der Waals surface area contributed by atoms with Gasteiger partial charge in [-0.3, -0.25) is 0 Å². The van der Waals surface area contributed by atoms with Gasteiger partial charge in [-0.15, -0.1) is 0 Å². The van der Waals surface area contributed by atoms with Crippen molar-refractivity contribution in [3.8, 4) is 0 Å². The Kier molecular flexibility index (Phi) is 5.50. The largest absolute Gasteiger partial charge is 0.377 e. The summed E-state index contributed by atoms with van der Waals surface area (Å²) in [5.74, 6) is 0. The highest BCUT2D eigenvalue weighted by Crippen LogP contribution is 2.12. The van der Waals surface area contributed by atoms with Crippen molar-refractivity contribution in [2.75, 3.05) is 13.2 Å². The van der Waals surface area contributed by atoms with Gasteiger partial charge < -0.3 is 10.1 Å². The number of hydrogen-bond donors (Lipinski definition) is 1. The first-order valence-corrected chi connectivity index (χ1v) is 6.01. The Morgan fingerprint density at radius 3 is 2.31 bits per heavy atom. The van der Waals surface area contributed by atoms with Gasteiger partial charge in [-0.05, 0) is 33.3 Å². The molecule has 1 rings (SSSR count). The summed E-state index contributed by atoms with van der Waals surface area (Å²) in [6, 6.07) is 9.04. The number of rotatable bonds is 6. The Balaban J connectivity index is 2.29. The van der Waals surface area contributed by atoms with Gasteiger partial charge in [0.05, 0.1) is 12.7 Å². The molecule has 0 aromatic heterocycles. The number of aryl methyl sites for hydroxylation is 1. The van der Waals surface area contributed by atoms with Gasteiger partial charge in [-0.1, -0.05) is 29.8 Å². The third-order valence-corrected chi connectivity index (χ3v) is 2.58. The van der Waals surface area contributed by atoms with Gasteiger partial charge in [0.15, 0.2) is 0 Å². The van der Waals surface area contributed by atoms with E-state index in [0.29, 0.717) is 12.1 Å². The molecular formula is C14H23NO. The van der Waals surface area contributed by atoms with E-state index in [1.807, 2.05) is 0 Å². The molecule has 0 saturated heterocycles. The topological polar surface area (TPSA) is 21.3 Å². The second kappa shape index (κ2) is 6.66. The molecular weight excluding hydrogens is 198 g/mol. The van der Waals surface area contributed by atoms with Gasteiger partial charge >= 0.3 is 0 Å². The number of hydrogen-bond acceptors (Lipinski definition) is 2. The Morgan fingerprint density at radius 2 is 1.75 bits per heavy atom. The summed E-state index contributed by atoms with van der Waals surface area (Å²) in [5, 5.41) is 3.45. The molecule has 2 nitrogen and oxygen atoms in total. The molecule has 90 valence electrons. The zero-order valence-corrected chi connectivity index (χ0v) is 10.8. The van der Waals surface area contributed by atoms with Gasteiger partial charge in [0, 0.05) is 12.6 Å². The lowest BCUT2D eigenvalue weighted by Gasteiger charge is -2.15. The highest BCUT2D eigenvalue weighted by molar-refractivity contribution is 5.23. The molecule has 0 spiro atoms. The van der Waals surface area contributed by atoms with Crippen LogP contribution in [0.15, 0.2) is 24.3 Å². The molecule has 2 heteroatoms. The number of benzene rings is 1. The fourth-order valence-electron chi connectivity index (χ4n) is 1.54. The van der Waals surface area contributed by atoms with Gasteiger partial charge in [-0.25, -0.2) is 0 Å². The van der Waals surface area contributed by atoms with Crippen LogP contribution in [0.3, 0.4) is 0 Å². The average Bonchev–Trinajstić information content (AvgIpc) is 2.25. The van der Waals surface area contributed by atoms with E-state index in [9.17, 15) is 0 Å². The molecule has 0 radical (unpaired) electrons. The van der Waals surface area contributed by atoms with Crippen LogP contribution in [0.1, 0.15) is 37.9 Å². The minimum absolute atomic E-state index is 0.316. The molecule has 0 heterocycles. The molecule has 16 heavy (non-hydrogen) atoms. The monoisotopic (exact) mass is 221 g/mol. The molecule has 1 aromatic carbocycles. The molecule has 0 bridgehead atoms. The molecule has 0 saturated carbocycles. The van der Waals surface area contributed by atoms with Crippen LogP contribution in [0, 0.1) is 6.92 Å². The first-order chi connectivity index (χ1) is 7.59. The summed E-state index contributed by atoms with van der Waals surface area (Å²) in [5.41, 5.74) is 2.63. The second-order valence-electron chi connectivity index (χ2n) is 4.51. The normalized spacial score (nSPS) is 13.1. The summed E-state index contributed by atoms with van der Waals surface area (Å²) in [4.78, 5) is 0. The van der Waals surface area contributed by atoms with E-state index >= 15 is 0 Å². The maximum atomic E-state index is 5.48. The molecule has 1 aromatic rings. The van der Waals surface area contributed by atoms with Crippen LogP contribution in [-0.4, -0.2) is 19.3 Å². The summed E-state index contributed by atoms with van der Waals surface area (Å²) < 4.78 is 5.48. The third-order valence-electron chi connectivity index (χ3n) is 2.58. The van der Waals surface area contributed by atoms with Crippen LogP contribution in [0.25, 0.3) is 0 Å². The van der Waals surface area contributed by atoms with Gasteiger partial charge in [-0.2, -0.15) is 0 Å². The Bertz CT molecular complexity index is 292. The van der Waals surface area contributed by atoms with Crippen molar-refractivity contribution in [3.63, 3.8) is 0 Å². The smallest absolute Gasteiger partial charge is 0.0594 e. The summed E-state index contributed by atoms with van der Waals surface area (Å²) in [7, 11) is 0. The van der Waals surface area contributed by atoms with Crippen LogP contribution in [0.2, 0.25) is 0 Å². The first kappa shape index (κ1) is 13.2. The van der Waals surface area contributed by atoms with Crippen molar-refractivity contribution >= 4 is 0 Å². The minimum atomic E-state index is 0.316. The Hall–Kier alpha value is -0.860. The third kappa shape index (κ3) is 4.77.